The molecule has 4 nitrogen and oxygen atoms in total. The molecule has 1 heterocycles. The van der Waals surface area contributed by atoms with Crippen LogP contribution < -0.4 is 10.1 Å². The summed E-state index contributed by atoms with van der Waals surface area (Å²) in [6.45, 7) is 4.23. The van der Waals surface area contributed by atoms with Crippen molar-refractivity contribution in [2.45, 2.75) is 25.8 Å². The van der Waals surface area contributed by atoms with Crippen molar-refractivity contribution in [1.82, 2.24) is 10.2 Å². The molecule has 0 bridgehead atoms. The summed E-state index contributed by atoms with van der Waals surface area (Å²) in [4.78, 5) is 14.3. The standard InChI is InChI=1S/C21H26N2O2/c24-21(11-6-16-25-20-9-2-1-3-10-20)22-13-15-23-14-12-18-7-4-5-8-19(18)17-23/h1-5,7-10H,6,11-17H2,(H,22,24). The molecule has 0 fully saturated rings. The normalized spacial score (nSPS) is 13.9. The van der Waals surface area contributed by atoms with Crippen LogP contribution in [0.4, 0.5) is 0 Å². The van der Waals surface area contributed by atoms with Gasteiger partial charge in [-0.15, -0.1) is 0 Å². The number of nitrogens with zero attached hydrogens (tertiary/aromatic N) is 1. The number of amides is 1. The van der Waals surface area contributed by atoms with E-state index in [2.05, 4.69) is 34.5 Å². The van der Waals surface area contributed by atoms with Crippen molar-refractivity contribution in [3.05, 3.63) is 65.7 Å². The number of hydrogen-bond acceptors (Lipinski definition) is 3. The summed E-state index contributed by atoms with van der Waals surface area (Å²) in [5.41, 5.74) is 2.87. The number of para-hydroxylation sites is 1. The lowest BCUT2D eigenvalue weighted by Gasteiger charge is -2.28. The molecule has 4 heteroatoms. The number of carbonyl (C=O) groups is 1. The Morgan fingerprint density at radius 1 is 1.04 bits per heavy atom. The zero-order valence-electron chi connectivity index (χ0n) is 14.6. The third-order valence-corrected chi connectivity index (χ3v) is 4.52. The Bertz CT molecular complexity index is 673. The molecule has 0 saturated carbocycles. The van der Waals surface area contributed by atoms with E-state index in [1.54, 1.807) is 0 Å². The first-order chi connectivity index (χ1) is 12.3. The number of benzene rings is 2. The van der Waals surface area contributed by atoms with Crippen molar-refractivity contribution >= 4 is 5.91 Å². The molecule has 0 aromatic heterocycles. The van der Waals surface area contributed by atoms with Crippen LogP contribution in [-0.2, 0) is 17.8 Å². The third kappa shape index (κ3) is 5.61. The van der Waals surface area contributed by atoms with Crippen molar-refractivity contribution in [3.63, 3.8) is 0 Å². The van der Waals surface area contributed by atoms with Crippen LogP contribution in [0.25, 0.3) is 0 Å². The van der Waals surface area contributed by atoms with Gasteiger partial charge >= 0.3 is 0 Å². The van der Waals surface area contributed by atoms with E-state index in [1.165, 1.54) is 11.1 Å². The molecule has 3 rings (SSSR count). The number of hydrogen-bond donors (Lipinski definition) is 1. The molecule has 25 heavy (non-hydrogen) atoms. The summed E-state index contributed by atoms with van der Waals surface area (Å²) >= 11 is 0. The second-order valence-electron chi connectivity index (χ2n) is 6.41. The van der Waals surface area contributed by atoms with Crippen LogP contribution in [-0.4, -0.2) is 37.0 Å². The van der Waals surface area contributed by atoms with Gasteiger partial charge in [-0.25, -0.2) is 0 Å². The molecular weight excluding hydrogens is 312 g/mol. The third-order valence-electron chi connectivity index (χ3n) is 4.52. The van der Waals surface area contributed by atoms with Crippen LogP contribution in [0.3, 0.4) is 0 Å². The molecular formula is C21H26N2O2. The molecule has 1 aliphatic heterocycles. The van der Waals surface area contributed by atoms with Gasteiger partial charge in [0.1, 0.15) is 5.75 Å². The van der Waals surface area contributed by atoms with E-state index >= 15 is 0 Å². The molecule has 0 saturated heterocycles. The highest BCUT2D eigenvalue weighted by Gasteiger charge is 2.15. The fourth-order valence-electron chi connectivity index (χ4n) is 3.13. The number of rotatable bonds is 8. The Kier molecular flexibility index (Phi) is 6.46. The van der Waals surface area contributed by atoms with E-state index in [9.17, 15) is 4.79 Å². The highest BCUT2D eigenvalue weighted by Crippen LogP contribution is 2.17. The number of carbonyl (C=O) groups excluding carboxylic acids is 1. The van der Waals surface area contributed by atoms with Gasteiger partial charge in [-0.05, 0) is 36.1 Å². The summed E-state index contributed by atoms with van der Waals surface area (Å²) in [7, 11) is 0. The smallest absolute Gasteiger partial charge is 0.220 e. The minimum atomic E-state index is 0.106. The van der Waals surface area contributed by atoms with Gasteiger partial charge in [-0.1, -0.05) is 42.5 Å². The fraction of sp³-hybridized carbons (Fsp3) is 0.381. The largest absolute Gasteiger partial charge is 0.494 e. The summed E-state index contributed by atoms with van der Waals surface area (Å²) in [5, 5.41) is 3.02. The van der Waals surface area contributed by atoms with E-state index in [0.717, 1.165) is 38.2 Å². The SMILES string of the molecule is O=C(CCCOc1ccccc1)NCCN1CCc2ccccc2C1. The van der Waals surface area contributed by atoms with Crippen molar-refractivity contribution < 1.29 is 9.53 Å². The van der Waals surface area contributed by atoms with Crippen LogP contribution in [0.5, 0.6) is 5.75 Å². The van der Waals surface area contributed by atoms with Gasteiger partial charge in [0.2, 0.25) is 5.91 Å². The Morgan fingerprint density at radius 2 is 1.80 bits per heavy atom. The minimum absolute atomic E-state index is 0.106. The topological polar surface area (TPSA) is 41.6 Å². The number of nitrogens with one attached hydrogen (secondary N) is 1. The van der Waals surface area contributed by atoms with Gasteiger partial charge in [-0.3, -0.25) is 9.69 Å². The predicted molar refractivity (Wildman–Crippen MR) is 99.6 cm³/mol. The van der Waals surface area contributed by atoms with E-state index in [0.29, 0.717) is 19.6 Å². The molecule has 0 unspecified atom stereocenters. The quantitative estimate of drug-likeness (QED) is 0.752. The second kappa shape index (κ2) is 9.23. The molecule has 1 N–H and O–H groups in total. The van der Waals surface area contributed by atoms with Crippen molar-refractivity contribution in [2.75, 3.05) is 26.2 Å². The molecule has 0 radical (unpaired) electrons. The van der Waals surface area contributed by atoms with Gasteiger partial charge in [-0.2, -0.15) is 0 Å². The molecule has 2 aromatic rings. The van der Waals surface area contributed by atoms with Gasteiger partial charge in [0.15, 0.2) is 0 Å². The van der Waals surface area contributed by atoms with Gasteiger partial charge in [0.05, 0.1) is 6.61 Å². The monoisotopic (exact) mass is 338 g/mol. The van der Waals surface area contributed by atoms with Crippen LogP contribution in [0.1, 0.15) is 24.0 Å². The minimum Gasteiger partial charge on any atom is -0.494 e. The lowest BCUT2D eigenvalue weighted by Crippen LogP contribution is -2.37. The maximum atomic E-state index is 11.9. The van der Waals surface area contributed by atoms with E-state index in [-0.39, 0.29) is 5.91 Å². The summed E-state index contributed by atoms with van der Waals surface area (Å²) in [6, 6.07) is 18.3. The maximum absolute atomic E-state index is 11.9. The summed E-state index contributed by atoms with van der Waals surface area (Å²) < 4.78 is 5.60. The Hall–Kier alpha value is -2.33. The average molecular weight is 338 g/mol. The maximum Gasteiger partial charge on any atom is 0.220 e. The van der Waals surface area contributed by atoms with Crippen molar-refractivity contribution in [2.24, 2.45) is 0 Å². The number of fused-ring (bicyclic) bond motifs is 1. The first kappa shape index (κ1) is 17.5. The van der Waals surface area contributed by atoms with Gasteiger partial charge < -0.3 is 10.1 Å². The van der Waals surface area contributed by atoms with Gasteiger partial charge in [0, 0.05) is 32.6 Å². The van der Waals surface area contributed by atoms with Crippen molar-refractivity contribution in [1.29, 1.82) is 0 Å². The second-order valence-corrected chi connectivity index (χ2v) is 6.41. The average Bonchev–Trinajstić information content (AvgIpc) is 2.66. The van der Waals surface area contributed by atoms with Gasteiger partial charge in [0.25, 0.3) is 0 Å². The molecule has 1 amide bonds. The first-order valence-corrected chi connectivity index (χ1v) is 9.05. The molecule has 1 aliphatic rings. The Morgan fingerprint density at radius 3 is 2.64 bits per heavy atom. The highest BCUT2D eigenvalue weighted by atomic mass is 16.5. The Balaban J connectivity index is 1.27. The zero-order valence-corrected chi connectivity index (χ0v) is 14.6. The zero-order chi connectivity index (χ0) is 17.3. The van der Waals surface area contributed by atoms with Crippen LogP contribution in [0.15, 0.2) is 54.6 Å². The van der Waals surface area contributed by atoms with E-state index in [4.69, 9.17) is 4.74 Å². The molecule has 0 aliphatic carbocycles. The lowest BCUT2D eigenvalue weighted by molar-refractivity contribution is -0.121. The molecule has 0 spiro atoms. The van der Waals surface area contributed by atoms with E-state index < -0.39 is 0 Å². The summed E-state index contributed by atoms with van der Waals surface area (Å²) in [6.07, 6.45) is 2.34. The van der Waals surface area contributed by atoms with Crippen molar-refractivity contribution in [3.8, 4) is 5.75 Å². The molecule has 0 atom stereocenters. The predicted octanol–water partition coefficient (Wildman–Crippen LogP) is 3.02. The molecule has 132 valence electrons. The van der Waals surface area contributed by atoms with Crippen LogP contribution >= 0.6 is 0 Å². The number of ether oxygens (including phenoxy) is 1. The molecule has 2 aromatic carbocycles. The Labute approximate surface area is 149 Å². The lowest BCUT2D eigenvalue weighted by atomic mass is 10.00. The summed E-state index contributed by atoms with van der Waals surface area (Å²) in [5.74, 6) is 0.961. The fourth-order valence-corrected chi connectivity index (χ4v) is 3.13. The van der Waals surface area contributed by atoms with E-state index in [1.807, 2.05) is 30.3 Å². The first-order valence-electron chi connectivity index (χ1n) is 9.05. The van der Waals surface area contributed by atoms with Crippen LogP contribution in [0, 0.1) is 0 Å². The highest BCUT2D eigenvalue weighted by molar-refractivity contribution is 5.75. The van der Waals surface area contributed by atoms with Crippen LogP contribution in [0.2, 0.25) is 0 Å².